The van der Waals surface area contributed by atoms with Crippen LogP contribution in [0.15, 0.2) is 58.6 Å². The Balaban J connectivity index is 2.18. The number of H-pyrrole nitrogens is 1. The molecule has 0 radical (unpaired) electrons. The Labute approximate surface area is 177 Å². The standard InChI is InChI=1S/C18H17N7O4S2/c19-7-9-30(26,27)15-5-4-14(13-3-1-2-11-10-21-8-6-12(11)13)16(17(15)31(20,28)29)18-22-24-25-23-18/h1-6,8,10H,7,9,19H2,(H2,20,28,29)(H,22,23,24,25). The Morgan fingerprint density at radius 2 is 1.81 bits per heavy atom. The Morgan fingerprint density at radius 1 is 1.00 bits per heavy atom. The molecule has 2 heterocycles. The first-order valence-corrected chi connectivity index (χ1v) is 12.1. The molecule has 2 aromatic heterocycles. The normalized spacial score (nSPS) is 12.3. The van der Waals surface area contributed by atoms with E-state index in [0.29, 0.717) is 11.1 Å². The quantitative estimate of drug-likeness (QED) is 0.368. The molecule has 0 aliphatic carbocycles. The highest BCUT2D eigenvalue weighted by molar-refractivity contribution is 7.93. The van der Waals surface area contributed by atoms with E-state index in [2.05, 4.69) is 25.6 Å². The van der Waals surface area contributed by atoms with Gasteiger partial charge in [-0.3, -0.25) is 4.98 Å². The van der Waals surface area contributed by atoms with Gasteiger partial charge in [0, 0.05) is 29.9 Å². The second-order valence-corrected chi connectivity index (χ2v) is 10.2. The van der Waals surface area contributed by atoms with E-state index < -0.39 is 35.4 Å². The fraction of sp³-hybridized carbons (Fsp3) is 0.111. The zero-order valence-electron chi connectivity index (χ0n) is 15.9. The number of tetrazole rings is 1. The van der Waals surface area contributed by atoms with E-state index >= 15 is 0 Å². The number of nitrogens with two attached hydrogens (primary N) is 2. The summed E-state index contributed by atoms with van der Waals surface area (Å²) in [4.78, 5) is 3.04. The van der Waals surface area contributed by atoms with Crippen molar-refractivity contribution in [1.82, 2.24) is 25.6 Å². The van der Waals surface area contributed by atoms with Crippen LogP contribution in [0.5, 0.6) is 0 Å². The number of nitrogens with zero attached hydrogens (tertiary/aromatic N) is 4. The molecule has 4 rings (SSSR count). The molecular weight excluding hydrogens is 442 g/mol. The first-order chi connectivity index (χ1) is 14.7. The molecule has 2 aromatic carbocycles. The number of benzene rings is 2. The van der Waals surface area contributed by atoms with E-state index in [1.165, 1.54) is 12.1 Å². The molecule has 13 heteroatoms. The number of sulfone groups is 1. The minimum absolute atomic E-state index is 0.0464. The van der Waals surface area contributed by atoms with Crippen LogP contribution in [-0.4, -0.2) is 54.7 Å². The largest absolute Gasteiger partial charge is 0.329 e. The van der Waals surface area contributed by atoms with Gasteiger partial charge in [-0.2, -0.15) is 0 Å². The average Bonchev–Trinajstić information content (AvgIpc) is 3.26. The summed E-state index contributed by atoms with van der Waals surface area (Å²) in [5, 5.41) is 20.4. The van der Waals surface area contributed by atoms with E-state index in [9.17, 15) is 16.8 Å². The molecule has 0 saturated carbocycles. The number of fused-ring (bicyclic) bond motifs is 1. The van der Waals surface area contributed by atoms with E-state index in [-0.39, 0.29) is 17.9 Å². The lowest BCUT2D eigenvalue weighted by Crippen LogP contribution is -2.22. The molecule has 4 aromatic rings. The topological polar surface area (TPSA) is 188 Å². The molecule has 0 aliphatic heterocycles. The highest BCUT2D eigenvalue weighted by Gasteiger charge is 2.31. The predicted molar refractivity (Wildman–Crippen MR) is 113 cm³/mol. The molecule has 0 saturated heterocycles. The molecule has 160 valence electrons. The molecular formula is C18H17N7O4S2. The first-order valence-electron chi connectivity index (χ1n) is 8.94. The number of nitrogens with one attached hydrogen (secondary N) is 1. The van der Waals surface area contributed by atoms with Crippen molar-refractivity contribution in [2.24, 2.45) is 10.9 Å². The zero-order valence-corrected chi connectivity index (χ0v) is 17.6. The van der Waals surface area contributed by atoms with Crippen molar-refractivity contribution in [3.05, 3.63) is 48.8 Å². The van der Waals surface area contributed by atoms with E-state index in [1.54, 1.807) is 30.6 Å². The van der Waals surface area contributed by atoms with Gasteiger partial charge < -0.3 is 5.73 Å². The van der Waals surface area contributed by atoms with Gasteiger partial charge in [0.05, 0.1) is 10.6 Å². The summed E-state index contributed by atoms with van der Waals surface area (Å²) in [6.45, 7) is -0.191. The lowest BCUT2D eigenvalue weighted by Gasteiger charge is -2.17. The van der Waals surface area contributed by atoms with Crippen molar-refractivity contribution in [1.29, 1.82) is 0 Å². The molecule has 0 bridgehead atoms. The van der Waals surface area contributed by atoms with E-state index in [0.717, 1.165) is 10.8 Å². The van der Waals surface area contributed by atoms with Gasteiger partial charge in [0.25, 0.3) is 0 Å². The van der Waals surface area contributed by atoms with Crippen molar-refractivity contribution in [3.63, 3.8) is 0 Å². The maximum absolute atomic E-state index is 12.8. The van der Waals surface area contributed by atoms with E-state index in [4.69, 9.17) is 10.9 Å². The van der Waals surface area contributed by atoms with Crippen LogP contribution in [0, 0.1) is 0 Å². The van der Waals surface area contributed by atoms with E-state index in [1.807, 2.05) is 6.07 Å². The third-order valence-corrected chi connectivity index (χ3v) is 7.59. The number of hydrogen-bond donors (Lipinski definition) is 3. The fourth-order valence-corrected chi connectivity index (χ4v) is 6.20. The Morgan fingerprint density at radius 3 is 2.48 bits per heavy atom. The highest BCUT2D eigenvalue weighted by atomic mass is 32.2. The average molecular weight is 460 g/mol. The van der Waals surface area contributed by atoms with Crippen LogP contribution in [0.25, 0.3) is 33.3 Å². The lowest BCUT2D eigenvalue weighted by atomic mass is 9.95. The van der Waals surface area contributed by atoms with Crippen LogP contribution < -0.4 is 10.9 Å². The molecule has 11 nitrogen and oxygen atoms in total. The van der Waals surface area contributed by atoms with Gasteiger partial charge >= 0.3 is 0 Å². The van der Waals surface area contributed by atoms with Crippen molar-refractivity contribution in [2.75, 3.05) is 12.3 Å². The first kappa shape index (κ1) is 21.0. The summed E-state index contributed by atoms with van der Waals surface area (Å²) < 4.78 is 50.9. The van der Waals surface area contributed by atoms with Gasteiger partial charge in [-0.25, -0.2) is 27.1 Å². The maximum atomic E-state index is 12.8. The Kier molecular flexibility index (Phi) is 5.26. The highest BCUT2D eigenvalue weighted by Crippen LogP contribution is 2.41. The maximum Gasteiger partial charge on any atom is 0.240 e. The number of rotatable bonds is 6. The molecule has 5 N–H and O–H groups in total. The third-order valence-electron chi connectivity index (χ3n) is 4.68. The zero-order chi connectivity index (χ0) is 22.2. The van der Waals surface area contributed by atoms with Gasteiger partial charge in [-0.05, 0) is 39.1 Å². The second-order valence-electron chi connectivity index (χ2n) is 6.62. The summed E-state index contributed by atoms with van der Waals surface area (Å²) in [6.07, 6.45) is 3.26. The van der Waals surface area contributed by atoms with Crippen LogP contribution in [0.2, 0.25) is 0 Å². The molecule has 0 spiro atoms. The predicted octanol–water partition coefficient (Wildman–Crippen LogP) is 0.462. The lowest BCUT2D eigenvalue weighted by molar-refractivity contribution is 0.583. The number of pyridine rings is 1. The SMILES string of the molecule is NCCS(=O)(=O)c1ccc(-c2cccc3cnccc23)c(-c2nnn[nH]2)c1S(N)(=O)=O. The van der Waals surface area contributed by atoms with Crippen molar-refractivity contribution in [2.45, 2.75) is 9.79 Å². The summed E-state index contributed by atoms with van der Waals surface area (Å²) >= 11 is 0. The number of aromatic nitrogens is 5. The fourth-order valence-electron chi connectivity index (χ4n) is 3.44. The van der Waals surface area contributed by atoms with Crippen LogP contribution in [0.4, 0.5) is 0 Å². The number of primary sulfonamides is 1. The van der Waals surface area contributed by atoms with Crippen LogP contribution >= 0.6 is 0 Å². The molecule has 31 heavy (non-hydrogen) atoms. The van der Waals surface area contributed by atoms with Crippen molar-refractivity contribution in [3.8, 4) is 22.5 Å². The van der Waals surface area contributed by atoms with Gasteiger partial charge in [0.1, 0.15) is 4.90 Å². The van der Waals surface area contributed by atoms with Crippen LogP contribution in [-0.2, 0) is 19.9 Å². The minimum atomic E-state index is -4.52. The van der Waals surface area contributed by atoms with Crippen LogP contribution in [0.1, 0.15) is 0 Å². The molecule has 0 unspecified atom stereocenters. The molecule has 0 aliphatic rings. The number of aromatic amines is 1. The van der Waals surface area contributed by atoms with Crippen molar-refractivity contribution < 1.29 is 16.8 Å². The summed E-state index contributed by atoms with van der Waals surface area (Å²) in [5.41, 5.74) is 6.38. The van der Waals surface area contributed by atoms with Gasteiger partial charge in [0.15, 0.2) is 15.7 Å². The minimum Gasteiger partial charge on any atom is -0.329 e. The van der Waals surface area contributed by atoms with Gasteiger partial charge in [0.2, 0.25) is 10.0 Å². The Bertz CT molecular complexity index is 1480. The van der Waals surface area contributed by atoms with Crippen LogP contribution in [0.3, 0.4) is 0 Å². The van der Waals surface area contributed by atoms with Gasteiger partial charge in [-0.15, -0.1) is 5.10 Å². The van der Waals surface area contributed by atoms with Gasteiger partial charge in [-0.1, -0.05) is 24.3 Å². The number of sulfonamides is 1. The third kappa shape index (κ3) is 3.79. The number of hydrogen-bond acceptors (Lipinski definition) is 9. The summed E-state index contributed by atoms with van der Waals surface area (Å²) in [6, 6.07) is 9.88. The summed E-state index contributed by atoms with van der Waals surface area (Å²) in [7, 11) is -8.58. The smallest absolute Gasteiger partial charge is 0.240 e. The monoisotopic (exact) mass is 459 g/mol. The molecule has 0 fully saturated rings. The second kappa shape index (κ2) is 7.77. The van der Waals surface area contributed by atoms with Crippen molar-refractivity contribution >= 4 is 30.6 Å². The Hall–Kier alpha value is -3.26. The molecule has 0 atom stereocenters. The summed E-state index contributed by atoms with van der Waals surface area (Å²) in [5.74, 6) is -0.502. The molecule has 0 amide bonds.